The van der Waals surface area contributed by atoms with Crippen molar-refractivity contribution in [1.29, 1.82) is 0 Å². The first-order valence-corrected chi connectivity index (χ1v) is 4.70. The van der Waals surface area contributed by atoms with Gasteiger partial charge in [0, 0.05) is 6.92 Å². The van der Waals surface area contributed by atoms with Crippen LogP contribution < -0.4 is 0 Å². The van der Waals surface area contributed by atoms with Crippen LogP contribution in [0, 0.1) is 0 Å². The van der Waals surface area contributed by atoms with Crippen LogP contribution in [-0.2, 0) is 0 Å². The highest BCUT2D eigenvalue weighted by Gasteiger charge is 2.63. The molecule has 0 aliphatic carbocycles. The minimum absolute atomic E-state index is 0.144. The van der Waals surface area contributed by atoms with Crippen molar-refractivity contribution >= 4 is 47.8 Å². The maximum atomic E-state index is 12.5. The normalized spacial score (nSPS) is 15.3. The van der Waals surface area contributed by atoms with Crippen molar-refractivity contribution < 1.29 is 17.6 Å². The van der Waals surface area contributed by atoms with Crippen molar-refractivity contribution in [2.75, 3.05) is 0 Å². The van der Waals surface area contributed by atoms with Gasteiger partial charge in [-0.05, 0) is 0 Å². The van der Waals surface area contributed by atoms with Crippen LogP contribution in [0.3, 0.4) is 0 Å². The Morgan fingerprint density at radius 1 is 0.909 bits per heavy atom. The van der Waals surface area contributed by atoms with Crippen LogP contribution in [0.4, 0.5) is 17.6 Å². The van der Waals surface area contributed by atoms with Crippen molar-refractivity contribution in [3.63, 3.8) is 0 Å². The van der Waals surface area contributed by atoms with Crippen molar-refractivity contribution in [2.45, 2.75) is 20.9 Å². The monoisotopic (exact) mass is 364 g/mol. The van der Waals surface area contributed by atoms with Crippen LogP contribution in [0.1, 0.15) is 6.92 Å². The second-order valence-electron chi connectivity index (χ2n) is 1.96. The largest absolute Gasteiger partial charge is 0.344 e. The standard InChI is InChI=1S/C4H3Br3F4/c1-2(8,9)3(10,11)4(5,6)7/h1H3. The first kappa shape index (κ1) is 12.2. The second kappa shape index (κ2) is 3.14. The lowest BCUT2D eigenvalue weighted by molar-refractivity contribution is -0.188. The van der Waals surface area contributed by atoms with Crippen molar-refractivity contribution in [3.05, 3.63) is 0 Å². The lowest BCUT2D eigenvalue weighted by atomic mass is 10.2. The van der Waals surface area contributed by atoms with E-state index < -0.39 is 14.0 Å². The number of alkyl halides is 7. The summed E-state index contributed by atoms with van der Waals surface area (Å²) in [5.41, 5.74) is 0. The molecule has 0 aromatic rings. The van der Waals surface area contributed by atoms with Crippen LogP contribution >= 0.6 is 47.8 Å². The van der Waals surface area contributed by atoms with E-state index in [1.165, 1.54) is 0 Å². The van der Waals surface area contributed by atoms with E-state index in [1.807, 2.05) is 0 Å². The summed E-state index contributed by atoms with van der Waals surface area (Å²) in [5, 5.41) is 0. The van der Waals surface area contributed by atoms with Gasteiger partial charge in [0.05, 0.1) is 0 Å². The molecule has 0 nitrogen and oxygen atoms in total. The van der Waals surface area contributed by atoms with Gasteiger partial charge in [-0.1, -0.05) is 47.8 Å². The maximum absolute atomic E-state index is 12.5. The van der Waals surface area contributed by atoms with Crippen LogP contribution in [-0.4, -0.2) is 14.0 Å². The third-order valence-corrected chi connectivity index (χ3v) is 2.40. The Labute approximate surface area is 86.1 Å². The minimum atomic E-state index is -4.21. The molecule has 0 saturated carbocycles. The summed E-state index contributed by atoms with van der Waals surface area (Å²) >= 11 is 7.02. The van der Waals surface area contributed by atoms with Crippen LogP contribution in [0.15, 0.2) is 0 Å². The summed E-state index contributed by atoms with van der Waals surface area (Å²) in [6, 6.07) is 0. The molecule has 0 spiro atoms. The molecule has 0 amide bonds. The minimum Gasteiger partial charge on any atom is -0.200 e. The summed E-state index contributed by atoms with van der Waals surface area (Å²) in [7, 11) is 0. The molecule has 0 fully saturated rings. The molecule has 0 N–H and O–H groups in total. The van der Waals surface area contributed by atoms with E-state index in [4.69, 9.17) is 0 Å². The second-order valence-corrected chi connectivity index (χ2v) is 8.72. The van der Waals surface area contributed by atoms with Gasteiger partial charge >= 0.3 is 11.8 Å². The van der Waals surface area contributed by atoms with Gasteiger partial charge in [-0.2, -0.15) is 8.78 Å². The Balaban J connectivity index is 4.75. The van der Waals surface area contributed by atoms with Gasteiger partial charge in [0.1, 0.15) is 0 Å². The Morgan fingerprint density at radius 3 is 1.18 bits per heavy atom. The Morgan fingerprint density at radius 2 is 1.18 bits per heavy atom. The molecule has 0 aromatic heterocycles. The predicted octanol–water partition coefficient (Wildman–Crippen LogP) is 4.12. The zero-order valence-electron chi connectivity index (χ0n) is 5.15. The first-order valence-electron chi connectivity index (χ1n) is 2.32. The SMILES string of the molecule is CC(F)(F)C(F)(F)C(Br)(Br)Br. The van der Waals surface area contributed by atoms with Gasteiger partial charge in [-0.25, -0.2) is 8.78 Å². The molecule has 0 aromatic carbocycles. The van der Waals surface area contributed by atoms with E-state index in [0.29, 0.717) is 0 Å². The quantitative estimate of drug-likeness (QED) is 0.484. The molecule has 68 valence electrons. The van der Waals surface area contributed by atoms with Gasteiger partial charge in [0.15, 0.2) is 0 Å². The van der Waals surface area contributed by atoms with Crippen LogP contribution in [0.5, 0.6) is 0 Å². The summed E-state index contributed by atoms with van der Waals surface area (Å²) < 4.78 is 47.1. The van der Waals surface area contributed by atoms with Gasteiger partial charge < -0.3 is 0 Å². The van der Waals surface area contributed by atoms with E-state index in [-0.39, 0.29) is 6.92 Å². The van der Waals surface area contributed by atoms with Gasteiger partial charge in [-0.15, -0.1) is 0 Å². The summed E-state index contributed by atoms with van der Waals surface area (Å²) in [4.78, 5) is 0. The fourth-order valence-electron chi connectivity index (χ4n) is 0.249. The van der Waals surface area contributed by atoms with Crippen molar-refractivity contribution in [2.24, 2.45) is 0 Å². The first-order chi connectivity index (χ1) is 4.50. The lowest BCUT2D eigenvalue weighted by Gasteiger charge is -2.29. The number of hydrogen-bond acceptors (Lipinski definition) is 0. The summed E-state index contributed by atoms with van der Waals surface area (Å²) in [5.74, 6) is -8.30. The molecular weight excluding hydrogens is 364 g/mol. The van der Waals surface area contributed by atoms with Crippen molar-refractivity contribution in [3.8, 4) is 0 Å². The zero-order chi connectivity index (χ0) is 9.50. The molecule has 0 heterocycles. The number of hydrogen-bond donors (Lipinski definition) is 0. The molecule has 0 bridgehead atoms. The fraction of sp³-hybridized carbons (Fsp3) is 1.00. The smallest absolute Gasteiger partial charge is 0.200 e. The number of rotatable bonds is 1. The lowest BCUT2D eigenvalue weighted by Crippen LogP contribution is -2.47. The van der Waals surface area contributed by atoms with Gasteiger partial charge in [0.25, 0.3) is 0 Å². The van der Waals surface area contributed by atoms with E-state index in [1.54, 1.807) is 0 Å². The molecule has 0 radical (unpaired) electrons. The van der Waals surface area contributed by atoms with Crippen molar-refractivity contribution in [1.82, 2.24) is 0 Å². The molecule has 11 heavy (non-hydrogen) atoms. The topological polar surface area (TPSA) is 0 Å². The molecule has 0 aliphatic heterocycles. The van der Waals surface area contributed by atoms with Crippen LogP contribution in [0.25, 0.3) is 0 Å². The maximum Gasteiger partial charge on any atom is 0.344 e. The zero-order valence-corrected chi connectivity index (χ0v) is 9.90. The molecule has 0 aliphatic rings. The highest BCUT2D eigenvalue weighted by Crippen LogP contribution is 2.53. The van der Waals surface area contributed by atoms with E-state index >= 15 is 0 Å². The molecule has 0 atom stereocenters. The third kappa shape index (κ3) is 2.55. The fourth-order valence-corrected chi connectivity index (χ4v) is 1.29. The summed E-state index contributed by atoms with van der Waals surface area (Å²) in [6.07, 6.45) is 0. The Kier molecular flexibility index (Phi) is 3.47. The average Bonchev–Trinajstić information content (AvgIpc) is 1.58. The van der Waals surface area contributed by atoms with Crippen LogP contribution in [0.2, 0.25) is 0 Å². The average molecular weight is 367 g/mol. The molecule has 0 unspecified atom stereocenters. The molecule has 0 saturated heterocycles. The van der Waals surface area contributed by atoms with Gasteiger partial charge in [-0.3, -0.25) is 0 Å². The third-order valence-electron chi connectivity index (χ3n) is 0.907. The predicted molar refractivity (Wildman–Crippen MR) is 45.1 cm³/mol. The molecule has 0 rings (SSSR count). The Hall–Kier alpha value is 1.16. The van der Waals surface area contributed by atoms with Gasteiger partial charge in [0.2, 0.25) is 2.14 Å². The molecule has 7 heteroatoms. The number of halogens is 7. The highest BCUT2D eigenvalue weighted by molar-refractivity contribution is 9.39. The van der Waals surface area contributed by atoms with E-state index in [2.05, 4.69) is 47.8 Å². The van der Waals surface area contributed by atoms with E-state index in [0.717, 1.165) is 0 Å². The molecular formula is C4H3Br3F4. The van der Waals surface area contributed by atoms with E-state index in [9.17, 15) is 17.6 Å². The summed E-state index contributed by atoms with van der Waals surface area (Å²) in [6.45, 7) is 0.144. The Bertz CT molecular complexity index is 128. The highest BCUT2D eigenvalue weighted by atomic mass is 80.0.